The van der Waals surface area contributed by atoms with Crippen molar-refractivity contribution in [2.45, 2.75) is 19.4 Å². The van der Waals surface area contributed by atoms with Crippen molar-refractivity contribution in [2.75, 3.05) is 6.54 Å². The molecule has 8 heteroatoms. The van der Waals surface area contributed by atoms with E-state index in [1.54, 1.807) is 12.5 Å². The number of carbonyl (C=O) groups excluding carboxylic acids is 1. The van der Waals surface area contributed by atoms with E-state index in [2.05, 4.69) is 30.9 Å². The van der Waals surface area contributed by atoms with Crippen LogP contribution in [0.1, 0.15) is 12.2 Å². The van der Waals surface area contributed by atoms with E-state index in [-0.39, 0.29) is 12.3 Å². The molecular weight excluding hydrogens is 222 g/mol. The zero-order valence-electron chi connectivity index (χ0n) is 9.20. The van der Waals surface area contributed by atoms with Crippen LogP contribution in [0.2, 0.25) is 0 Å². The Morgan fingerprint density at radius 1 is 1.53 bits per heavy atom. The number of imidazole rings is 1. The van der Waals surface area contributed by atoms with E-state index >= 15 is 0 Å². The number of amides is 1. The van der Waals surface area contributed by atoms with E-state index in [1.165, 1.54) is 0 Å². The first kappa shape index (κ1) is 11.2. The van der Waals surface area contributed by atoms with Crippen molar-refractivity contribution in [2.24, 2.45) is 0 Å². The largest absolute Gasteiger partial charge is 0.356 e. The predicted molar refractivity (Wildman–Crippen MR) is 57.7 cm³/mol. The van der Waals surface area contributed by atoms with E-state index in [1.807, 2.05) is 10.8 Å². The highest BCUT2D eigenvalue weighted by atomic mass is 16.1. The second-order valence-electron chi connectivity index (χ2n) is 3.51. The minimum absolute atomic E-state index is 0.1000. The number of aryl methyl sites for hydroxylation is 1. The highest BCUT2D eigenvalue weighted by Crippen LogP contribution is 1.90. The maximum absolute atomic E-state index is 11.4. The smallest absolute Gasteiger partial charge is 0.227 e. The predicted octanol–water partition coefficient (Wildman–Crippen LogP) is -0.855. The van der Waals surface area contributed by atoms with Gasteiger partial charge in [-0.1, -0.05) is 5.21 Å². The maximum atomic E-state index is 11.4. The van der Waals surface area contributed by atoms with Crippen LogP contribution in [0.5, 0.6) is 0 Å². The van der Waals surface area contributed by atoms with Gasteiger partial charge in [0.25, 0.3) is 0 Å². The number of nitrogens with one attached hydrogen (secondary N) is 2. The summed E-state index contributed by atoms with van der Waals surface area (Å²) in [6, 6.07) is 0. The third-order valence-electron chi connectivity index (χ3n) is 2.18. The lowest BCUT2D eigenvalue weighted by Gasteiger charge is -2.04. The SMILES string of the molecule is O=C(Cc1nn[nH]n1)NCCCn1ccnc1. The minimum atomic E-state index is -0.1000. The number of nitrogens with zero attached hydrogens (tertiary/aromatic N) is 5. The van der Waals surface area contributed by atoms with E-state index in [0.717, 1.165) is 13.0 Å². The molecule has 2 heterocycles. The molecule has 2 rings (SSSR count). The fourth-order valence-electron chi connectivity index (χ4n) is 1.37. The summed E-state index contributed by atoms with van der Waals surface area (Å²) in [7, 11) is 0. The number of hydrogen-bond acceptors (Lipinski definition) is 5. The molecule has 0 aliphatic heterocycles. The lowest BCUT2D eigenvalue weighted by atomic mass is 10.3. The number of rotatable bonds is 6. The van der Waals surface area contributed by atoms with Gasteiger partial charge in [-0.3, -0.25) is 4.79 Å². The van der Waals surface area contributed by atoms with Gasteiger partial charge in [0.2, 0.25) is 5.91 Å². The van der Waals surface area contributed by atoms with Crippen molar-refractivity contribution in [3.63, 3.8) is 0 Å². The van der Waals surface area contributed by atoms with Gasteiger partial charge in [-0.25, -0.2) is 4.98 Å². The Morgan fingerprint density at radius 3 is 3.18 bits per heavy atom. The molecule has 2 aromatic rings. The Kier molecular flexibility index (Phi) is 3.79. The van der Waals surface area contributed by atoms with Gasteiger partial charge in [0.1, 0.15) is 0 Å². The summed E-state index contributed by atoms with van der Waals surface area (Å²) in [6.45, 7) is 1.46. The summed E-state index contributed by atoms with van der Waals surface area (Å²) >= 11 is 0. The summed E-state index contributed by atoms with van der Waals surface area (Å²) in [4.78, 5) is 15.4. The van der Waals surface area contributed by atoms with Crippen molar-refractivity contribution in [3.8, 4) is 0 Å². The molecule has 0 radical (unpaired) electrons. The van der Waals surface area contributed by atoms with Crippen LogP contribution in [0.25, 0.3) is 0 Å². The van der Waals surface area contributed by atoms with Crippen LogP contribution in [0.4, 0.5) is 0 Å². The zero-order valence-corrected chi connectivity index (χ0v) is 9.20. The molecule has 2 aromatic heterocycles. The summed E-state index contributed by atoms with van der Waals surface area (Å²) in [5.74, 6) is 0.300. The van der Waals surface area contributed by atoms with Crippen molar-refractivity contribution in [1.82, 2.24) is 35.5 Å². The second kappa shape index (κ2) is 5.73. The van der Waals surface area contributed by atoms with Crippen LogP contribution in [-0.2, 0) is 17.8 Å². The molecular formula is C9H13N7O. The highest BCUT2D eigenvalue weighted by Gasteiger charge is 2.05. The quantitative estimate of drug-likeness (QED) is 0.635. The molecule has 0 aromatic carbocycles. The second-order valence-corrected chi connectivity index (χ2v) is 3.51. The maximum Gasteiger partial charge on any atom is 0.227 e. The molecule has 0 saturated heterocycles. The van der Waals surface area contributed by atoms with E-state index in [9.17, 15) is 4.79 Å². The van der Waals surface area contributed by atoms with Gasteiger partial charge in [-0.15, -0.1) is 10.2 Å². The summed E-state index contributed by atoms with van der Waals surface area (Å²) < 4.78 is 1.96. The molecule has 0 aliphatic rings. The Bertz CT molecular complexity index is 436. The molecule has 1 amide bonds. The van der Waals surface area contributed by atoms with Gasteiger partial charge in [0, 0.05) is 25.5 Å². The van der Waals surface area contributed by atoms with E-state index < -0.39 is 0 Å². The molecule has 0 aliphatic carbocycles. The molecule has 8 nitrogen and oxygen atoms in total. The Labute approximate surface area is 97.4 Å². The van der Waals surface area contributed by atoms with Crippen LogP contribution in [-0.4, -0.2) is 42.6 Å². The summed E-state index contributed by atoms with van der Waals surface area (Å²) in [5.41, 5.74) is 0. The van der Waals surface area contributed by atoms with Crippen LogP contribution in [0.3, 0.4) is 0 Å². The van der Waals surface area contributed by atoms with Crippen LogP contribution in [0, 0.1) is 0 Å². The molecule has 90 valence electrons. The third kappa shape index (κ3) is 3.67. The van der Waals surface area contributed by atoms with Crippen molar-refractivity contribution >= 4 is 5.91 Å². The van der Waals surface area contributed by atoms with Gasteiger partial charge < -0.3 is 9.88 Å². The first-order valence-electron chi connectivity index (χ1n) is 5.29. The number of carbonyl (C=O) groups is 1. The number of hydrogen-bond donors (Lipinski definition) is 2. The fraction of sp³-hybridized carbons (Fsp3) is 0.444. The molecule has 0 saturated carbocycles. The van der Waals surface area contributed by atoms with Crippen molar-refractivity contribution < 1.29 is 4.79 Å². The third-order valence-corrected chi connectivity index (χ3v) is 2.18. The molecule has 0 bridgehead atoms. The van der Waals surface area contributed by atoms with Gasteiger partial charge in [-0.05, 0) is 6.42 Å². The van der Waals surface area contributed by atoms with Gasteiger partial charge >= 0.3 is 0 Å². The number of tetrazole rings is 1. The molecule has 17 heavy (non-hydrogen) atoms. The number of H-pyrrole nitrogens is 1. The van der Waals surface area contributed by atoms with Crippen molar-refractivity contribution in [3.05, 3.63) is 24.5 Å². The molecule has 0 fully saturated rings. The van der Waals surface area contributed by atoms with E-state index in [4.69, 9.17) is 0 Å². The normalized spacial score (nSPS) is 10.4. The average molecular weight is 235 g/mol. The molecule has 0 atom stereocenters. The zero-order chi connectivity index (χ0) is 11.9. The van der Waals surface area contributed by atoms with Crippen LogP contribution in [0.15, 0.2) is 18.7 Å². The highest BCUT2D eigenvalue weighted by molar-refractivity contribution is 5.77. The van der Waals surface area contributed by atoms with E-state index in [0.29, 0.717) is 12.4 Å². The molecule has 0 unspecified atom stereocenters. The first-order chi connectivity index (χ1) is 8.34. The molecule has 0 spiro atoms. The number of aromatic nitrogens is 6. The standard InChI is InChI=1S/C9H13N7O/c17-9(6-8-12-14-15-13-8)11-2-1-4-16-5-3-10-7-16/h3,5,7H,1-2,4,6H2,(H,11,17)(H,12,13,14,15). The average Bonchev–Trinajstić information content (AvgIpc) is 2.96. The summed E-state index contributed by atoms with van der Waals surface area (Å²) in [5, 5.41) is 15.9. The lowest BCUT2D eigenvalue weighted by molar-refractivity contribution is -0.120. The van der Waals surface area contributed by atoms with Gasteiger partial charge in [0.05, 0.1) is 12.7 Å². The Balaban J connectivity index is 1.60. The fourth-order valence-corrected chi connectivity index (χ4v) is 1.37. The Hall–Kier alpha value is -2.25. The monoisotopic (exact) mass is 235 g/mol. The first-order valence-corrected chi connectivity index (χ1v) is 5.29. The van der Waals surface area contributed by atoms with Gasteiger partial charge in [-0.2, -0.15) is 5.21 Å². The van der Waals surface area contributed by atoms with Crippen molar-refractivity contribution in [1.29, 1.82) is 0 Å². The topological polar surface area (TPSA) is 101 Å². The molecule has 2 N–H and O–H groups in total. The van der Waals surface area contributed by atoms with Crippen LogP contribution >= 0.6 is 0 Å². The van der Waals surface area contributed by atoms with Crippen LogP contribution < -0.4 is 5.32 Å². The summed E-state index contributed by atoms with van der Waals surface area (Å²) in [6.07, 6.45) is 6.38. The number of aromatic amines is 1. The Morgan fingerprint density at radius 2 is 2.47 bits per heavy atom. The minimum Gasteiger partial charge on any atom is -0.356 e. The lowest BCUT2D eigenvalue weighted by Crippen LogP contribution is -2.27. The van der Waals surface area contributed by atoms with Gasteiger partial charge in [0.15, 0.2) is 5.82 Å².